The minimum absolute atomic E-state index is 0.381. The molecule has 2 N–H and O–H groups in total. The zero-order valence-corrected chi connectivity index (χ0v) is 21.5. The van der Waals surface area contributed by atoms with Gasteiger partial charge in [0, 0.05) is 32.3 Å². The van der Waals surface area contributed by atoms with Crippen LogP contribution in [0, 0.1) is 0 Å². The smallest absolute Gasteiger partial charge is 0.152 e. The topological polar surface area (TPSA) is 87.7 Å². The van der Waals surface area contributed by atoms with Crippen molar-refractivity contribution >= 4 is 27.8 Å². The number of para-hydroxylation sites is 1. The lowest BCUT2D eigenvalue weighted by Crippen LogP contribution is -2.32. The highest BCUT2D eigenvalue weighted by molar-refractivity contribution is 6.06. The molecule has 8 nitrogen and oxygen atoms in total. The standard InChI is InChI=1S/C26H41N5O3/c1-6-30(15-17-32-5)14-10-11-16-34-26(3,4)19-31-22(18-33-7-2)29-23-24(31)20-12-8-9-13-21(20)28-25(23)27/h8-9,12-13H,6-7,10-11,14-19H2,1-5H3,(H2,27,28). The van der Waals surface area contributed by atoms with E-state index in [0.29, 0.717) is 32.2 Å². The molecule has 2 heterocycles. The van der Waals surface area contributed by atoms with Gasteiger partial charge in [0.2, 0.25) is 0 Å². The van der Waals surface area contributed by atoms with Gasteiger partial charge in [-0.05, 0) is 52.8 Å². The van der Waals surface area contributed by atoms with Gasteiger partial charge in [-0.25, -0.2) is 9.97 Å². The van der Waals surface area contributed by atoms with Crippen LogP contribution in [0.4, 0.5) is 5.82 Å². The molecule has 2 aromatic heterocycles. The second kappa shape index (κ2) is 12.4. The molecule has 0 radical (unpaired) electrons. The first-order valence-electron chi connectivity index (χ1n) is 12.4. The zero-order chi connectivity index (χ0) is 24.6. The first-order chi connectivity index (χ1) is 16.4. The number of nitrogens with two attached hydrogens (primary N) is 1. The highest BCUT2D eigenvalue weighted by Crippen LogP contribution is 2.30. The Labute approximate surface area is 203 Å². The number of hydrogen-bond donors (Lipinski definition) is 1. The van der Waals surface area contributed by atoms with Gasteiger partial charge < -0.3 is 29.4 Å². The molecule has 0 bridgehead atoms. The van der Waals surface area contributed by atoms with Crippen molar-refractivity contribution in [3.05, 3.63) is 30.1 Å². The van der Waals surface area contributed by atoms with Crippen molar-refractivity contribution in [2.75, 3.05) is 52.3 Å². The Morgan fingerprint density at radius 3 is 2.59 bits per heavy atom. The summed E-state index contributed by atoms with van der Waals surface area (Å²) in [5.41, 5.74) is 8.50. The Hall–Kier alpha value is -2.26. The number of pyridine rings is 1. The molecular weight excluding hydrogens is 430 g/mol. The van der Waals surface area contributed by atoms with Crippen LogP contribution in [0.3, 0.4) is 0 Å². The Morgan fingerprint density at radius 1 is 1.06 bits per heavy atom. The van der Waals surface area contributed by atoms with Crippen LogP contribution in [0.1, 0.15) is 46.4 Å². The molecule has 0 spiro atoms. The zero-order valence-electron chi connectivity index (χ0n) is 21.5. The van der Waals surface area contributed by atoms with E-state index in [0.717, 1.165) is 66.8 Å². The number of likely N-dealkylation sites (N-methyl/N-ethyl adjacent to an activating group) is 1. The number of imidazole rings is 1. The summed E-state index contributed by atoms with van der Waals surface area (Å²) in [6, 6.07) is 8.06. The predicted molar refractivity (Wildman–Crippen MR) is 138 cm³/mol. The largest absolute Gasteiger partial charge is 0.383 e. The average Bonchev–Trinajstić information content (AvgIpc) is 3.17. The molecule has 0 aliphatic rings. The Balaban J connectivity index is 1.74. The SMILES string of the molecule is CCOCc1nc2c(N)nc3ccccc3c2n1CC(C)(C)OCCCCN(CC)CCOC. The maximum atomic E-state index is 6.37. The van der Waals surface area contributed by atoms with Gasteiger partial charge in [0.1, 0.15) is 17.9 Å². The van der Waals surface area contributed by atoms with E-state index in [-0.39, 0.29) is 5.60 Å². The van der Waals surface area contributed by atoms with Crippen LogP contribution < -0.4 is 5.73 Å². The Bertz CT molecular complexity index is 1050. The van der Waals surface area contributed by atoms with E-state index in [9.17, 15) is 0 Å². The lowest BCUT2D eigenvalue weighted by molar-refractivity contribution is -0.0320. The van der Waals surface area contributed by atoms with Gasteiger partial charge >= 0.3 is 0 Å². The molecule has 3 rings (SSSR count). The minimum Gasteiger partial charge on any atom is -0.383 e. The molecule has 188 valence electrons. The van der Waals surface area contributed by atoms with E-state index in [1.807, 2.05) is 25.1 Å². The highest BCUT2D eigenvalue weighted by atomic mass is 16.5. The summed E-state index contributed by atoms with van der Waals surface area (Å²) in [7, 11) is 1.75. The number of rotatable bonds is 15. The third kappa shape index (κ3) is 6.66. The van der Waals surface area contributed by atoms with Crippen molar-refractivity contribution in [2.24, 2.45) is 0 Å². The number of ether oxygens (including phenoxy) is 3. The lowest BCUT2D eigenvalue weighted by Gasteiger charge is -2.28. The van der Waals surface area contributed by atoms with Gasteiger partial charge in [-0.15, -0.1) is 0 Å². The summed E-state index contributed by atoms with van der Waals surface area (Å²) >= 11 is 0. The molecule has 0 saturated carbocycles. The third-order valence-corrected chi connectivity index (χ3v) is 6.08. The molecular formula is C26H41N5O3. The summed E-state index contributed by atoms with van der Waals surface area (Å²) in [6.45, 7) is 14.7. The number of unbranched alkanes of at least 4 members (excludes halogenated alkanes) is 1. The van der Waals surface area contributed by atoms with Crippen LogP contribution in [0.5, 0.6) is 0 Å². The summed E-state index contributed by atoms with van der Waals surface area (Å²) in [4.78, 5) is 11.8. The predicted octanol–water partition coefficient (Wildman–Crippen LogP) is 4.25. The highest BCUT2D eigenvalue weighted by Gasteiger charge is 2.25. The fourth-order valence-electron chi connectivity index (χ4n) is 4.24. The van der Waals surface area contributed by atoms with Crippen molar-refractivity contribution in [2.45, 2.75) is 59.3 Å². The fraction of sp³-hybridized carbons (Fsp3) is 0.615. The third-order valence-electron chi connectivity index (χ3n) is 6.08. The maximum absolute atomic E-state index is 6.37. The van der Waals surface area contributed by atoms with E-state index in [1.54, 1.807) is 7.11 Å². The summed E-state index contributed by atoms with van der Waals surface area (Å²) < 4.78 is 19.5. The fourth-order valence-corrected chi connectivity index (χ4v) is 4.24. The number of anilines is 1. The summed E-state index contributed by atoms with van der Waals surface area (Å²) in [5.74, 6) is 1.29. The number of nitrogen functional groups attached to an aromatic ring is 1. The van der Waals surface area contributed by atoms with Gasteiger partial charge in [0.05, 0.1) is 29.8 Å². The lowest BCUT2D eigenvalue weighted by atomic mass is 10.1. The number of benzene rings is 1. The maximum Gasteiger partial charge on any atom is 0.152 e. The second-order valence-corrected chi connectivity index (χ2v) is 9.21. The van der Waals surface area contributed by atoms with Gasteiger partial charge in [0.15, 0.2) is 5.82 Å². The van der Waals surface area contributed by atoms with Crippen LogP contribution in [0.25, 0.3) is 21.9 Å². The minimum atomic E-state index is -0.381. The summed E-state index contributed by atoms with van der Waals surface area (Å²) in [5, 5.41) is 1.04. The van der Waals surface area contributed by atoms with Gasteiger partial charge in [-0.2, -0.15) is 0 Å². The van der Waals surface area contributed by atoms with E-state index in [1.165, 1.54) is 0 Å². The monoisotopic (exact) mass is 471 g/mol. The molecule has 0 fully saturated rings. The van der Waals surface area contributed by atoms with Crippen molar-refractivity contribution in [3.63, 3.8) is 0 Å². The quantitative estimate of drug-likeness (QED) is 0.332. The second-order valence-electron chi connectivity index (χ2n) is 9.21. The van der Waals surface area contributed by atoms with E-state index in [4.69, 9.17) is 24.9 Å². The molecule has 0 aliphatic heterocycles. The van der Waals surface area contributed by atoms with Crippen LogP contribution in [0.15, 0.2) is 24.3 Å². The van der Waals surface area contributed by atoms with Crippen molar-refractivity contribution in [1.82, 2.24) is 19.4 Å². The van der Waals surface area contributed by atoms with Gasteiger partial charge in [-0.3, -0.25) is 0 Å². The van der Waals surface area contributed by atoms with Crippen molar-refractivity contribution < 1.29 is 14.2 Å². The molecule has 0 atom stereocenters. The molecule has 0 saturated heterocycles. The van der Waals surface area contributed by atoms with Crippen LogP contribution in [0.2, 0.25) is 0 Å². The molecule has 0 aliphatic carbocycles. The first kappa shape index (κ1) is 26.3. The van der Waals surface area contributed by atoms with Crippen LogP contribution in [-0.2, 0) is 27.4 Å². The number of fused-ring (bicyclic) bond motifs is 3. The van der Waals surface area contributed by atoms with Gasteiger partial charge in [0.25, 0.3) is 0 Å². The average molecular weight is 472 g/mol. The van der Waals surface area contributed by atoms with Crippen molar-refractivity contribution in [3.8, 4) is 0 Å². The number of methoxy groups -OCH3 is 1. The molecule has 3 aromatic rings. The van der Waals surface area contributed by atoms with E-state index in [2.05, 4.69) is 41.3 Å². The first-order valence-corrected chi connectivity index (χ1v) is 12.4. The molecule has 34 heavy (non-hydrogen) atoms. The van der Waals surface area contributed by atoms with E-state index >= 15 is 0 Å². The normalized spacial score (nSPS) is 12.4. The molecule has 0 amide bonds. The van der Waals surface area contributed by atoms with Crippen LogP contribution in [-0.4, -0.2) is 71.6 Å². The number of nitrogens with zero attached hydrogens (tertiary/aromatic N) is 4. The molecule has 0 unspecified atom stereocenters. The van der Waals surface area contributed by atoms with Crippen molar-refractivity contribution in [1.29, 1.82) is 0 Å². The summed E-state index contributed by atoms with van der Waals surface area (Å²) in [6.07, 6.45) is 2.12. The Morgan fingerprint density at radius 2 is 1.85 bits per heavy atom. The number of aromatic nitrogens is 3. The van der Waals surface area contributed by atoms with Crippen LogP contribution >= 0.6 is 0 Å². The molecule has 8 heteroatoms. The van der Waals surface area contributed by atoms with Gasteiger partial charge in [-0.1, -0.05) is 25.1 Å². The van der Waals surface area contributed by atoms with E-state index < -0.39 is 0 Å². The number of hydrogen-bond acceptors (Lipinski definition) is 7. The molecule has 1 aromatic carbocycles. The Kier molecular flexibility index (Phi) is 9.64.